The number of carboxylic acid groups (broad SMARTS) is 1. The minimum absolute atomic E-state index is 0.00159. The molecule has 0 radical (unpaired) electrons. The maximum Gasteiger partial charge on any atom is 0.305 e. The van der Waals surface area contributed by atoms with Gasteiger partial charge in [0.05, 0.1) is 18.1 Å². The summed E-state index contributed by atoms with van der Waals surface area (Å²) in [5.74, 6) is -3.32. The van der Waals surface area contributed by atoms with Gasteiger partial charge in [0.15, 0.2) is 5.69 Å². The van der Waals surface area contributed by atoms with Gasteiger partial charge < -0.3 is 20.3 Å². The van der Waals surface area contributed by atoms with Gasteiger partial charge in [-0.1, -0.05) is 38.1 Å². The molecule has 2 aromatic carbocycles. The number of aromatic nitrogens is 2. The van der Waals surface area contributed by atoms with Gasteiger partial charge in [-0.15, -0.1) is 0 Å². The van der Waals surface area contributed by atoms with E-state index in [9.17, 15) is 28.6 Å². The number of carbonyl (C=O) groups is 2. The number of rotatable bonds is 10. The molecule has 3 N–H and O–H groups in total. The second kappa shape index (κ2) is 10.6. The molecule has 8 nitrogen and oxygen atoms in total. The van der Waals surface area contributed by atoms with Gasteiger partial charge >= 0.3 is 5.97 Å². The zero-order chi connectivity index (χ0) is 25.8. The molecule has 3 rings (SSSR count). The summed E-state index contributed by atoms with van der Waals surface area (Å²) in [5.41, 5.74) is -1.12. The summed E-state index contributed by atoms with van der Waals surface area (Å²) in [6.07, 6.45) is -0.496. The molecule has 0 aliphatic rings. The third kappa shape index (κ3) is 6.42. The molecule has 3 aromatic rings. The summed E-state index contributed by atoms with van der Waals surface area (Å²) < 4.78 is 35.0. The molecule has 0 saturated heterocycles. The molecule has 0 saturated carbocycles. The molecule has 2 atom stereocenters. The first-order valence-corrected chi connectivity index (χ1v) is 11.0. The fraction of sp³-hybridized carbons (Fsp3) is 0.320. The summed E-state index contributed by atoms with van der Waals surface area (Å²) in [6, 6.07) is 11.2. The Morgan fingerprint density at radius 2 is 1.86 bits per heavy atom. The van der Waals surface area contributed by atoms with Crippen molar-refractivity contribution in [2.24, 2.45) is 5.92 Å². The number of halogens is 2. The molecule has 186 valence electrons. The van der Waals surface area contributed by atoms with Crippen molar-refractivity contribution in [2.75, 3.05) is 6.61 Å². The normalized spacial score (nSPS) is 13.8. The molecule has 0 spiro atoms. The molecule has 1 heterocycles. The number of ether oxygens (including phenoxy) is 1. The lowest BCUT2D eigenvalue weighted by molar-refractivity contribution is -0.137. The molecule has 10 heteroatoms. The Morgan fingerprint density at radius 3 is 2.49 bits per heavy atom. The zero-order valence-electron chi connectivity index (χ0n) is 19.5. The number of hydrogen-bond donors (Lipinski definition) is 3. The van der Waals surface area contributed by atoms with Crippen molar-refractivity contribution in [1.29, 1.82) is 0 Å². The van der Waals surface area contributed by atoms with E-state index in [1.807, 2.05) is 13.8 Å². The van der Waals surface area contributed by atoms with Gasteiger partial charge in [0.1, 0.15) is 23.9 Å². The summed E-state index contributed by atoms with van der Waals surface area (Å²) in [5, 5.41) is 26.5. The molecule has 1 aromatic heterocycles. The number of aliphatic hydroxyl groups is 1. The van der Waals surface area contributed by atoms with Crippen LogP contribution in [0.15, 0.2) is 54.6 Å². The van der Waals surface area contributed by atoms with Gasteiger partial charge in [-0.05, 0) is 42.7 Å². The number of benzene rings is 2. The van der Waals surface area contributed by atoms with Crippen molar-refractivity contribution < 1.29 is 33.3 Å². The van der Waals surface area contributed by atoms with E-state index in [1.54, 1.807) is 13.0 Å². The van der Waals surface area contributed by atoms with E-state index < -0.39 is 41.6 Å². The van der Waals surface area contributed by atoms with Crippen LogP contribution in [0.2, 0.25) is 0 Å². The highest BCUT2D eigenvalue weighted by Crippen LogP contribution is 2.25. The van der Waals surface area contributed by atoms with Crippen LogP contribution in [0.1, 0.15) is 49.3 Å². The summed E-state index contributed by atoms with van der Waals surface area (Å²) in [4.78, 5) is 24.4. The number of hydrogen-bond acceptors (Lipinski definition) is 5. The quantitative estimate of drug-likeness (QED) is 0.400. The second-order valence-electron chi connectivity index (χ2n) is 8.71. The molecule has 0 aliphatic carbocycles. The Hall–Kier alpha value is -3.79. The van der Waals surface area contributed by atoms with Crippen molar-refractivity contribution in [3.63, 3.8) is 0 Å². The third-order valence-electron chi connectivity index (χ3n) is 5.68. The number of aliphatic carboxylic acids is 1. The van der Waals surface area contributed by atoms with Crippen LogP contribution in [-0.4, -0.2) is 44.1 Å². The maximum absolute atomic E-state index is 14.5. The summed E-state index contributed by atoms with van der Waals surface area (Å²) in [7, 11) is 0. The number of para-hydroxylation sites is 1. The van der Waals surface area contributed by atoms with E-state index >= 15 is 0 Å². The molecular formula is C25H27F2N3O5. The standard InChI is InChI=1S/C25H27F2N3O5/c1-15(2)25(3,34)14-35-22-12-20(29-30(22)21-10-5-4-9-18(21)27)24(33)28-19(13-23(31)32)16-7-6-8-17(26)11-16/h4-12,15,19,34H,13-14H2,1-3H3,(H,28,33)(H,31,32)/t19-,25+/m0/s1. The van der Waals surface area contributed by atoms with Gasteiger partial charge in [0.25, 0.3) is 5.91 Å². The number of carboxylic acids is 1. The Kier molecular flexibility index (Phi) is 7.85. The first-order chi connectivity index (χ1) is 16.5. The van der Waals surface area contributed by atoms with Crippen LogP contribution < -0.4 is 10.1 Å². The molecule has 0 aliphatic heterocycles. The highest BCUT2D eigenvalue weighted by atomic mass is 19.1. The third-order valence-corrected chi connectivity index (χ3v) is 5.68. The average Bonchev–Trinajstić information content (AvgIpc) is 3.21. The lowest BCUT2D eigenvalue weighted by Gasteiger charge is -2.27. The maximum atomic E-state index is 14.5. The van der Waals surface area contributed by atoms with E-state index in [0.29, 0.717) is 0 Å². The number of carbonyl (C=O) groups excluding carboxylic acids is 1. The Balaban J connectivity index is 1.95. The van der Waals surface area contributed by atoms with Crippen LogP contribution in [0.25, 0.3) is 5.69 Å². The molecule has 0 unspecified atom stereocenters. The van der Waals surface area contributed by atoms with Crippen LogP contribution in [0.5, 0.6) is 5.88 Å². The Labute approximate surface area is 201 Å². The van der Waals surface area contributed by atoms with Crippen molar-refractivity contribution in [3.8, 4) is 11.6 Å². The van der Waals surface area contributed by atoms with Crippen LogP contribution in [0.4, 0.5) is 8.78 Å². The van der Waals surface area contributed by atoms with Gasteiger partial charge in [-0.3, -0.25) is 9.59 Å². The van der Waals surface area contributed by atoms with E-state index in [2.05, 4.69) is 10.4 Å². The molecular weight excluding hydrogens is 460 g/mol. The van der Waals surface area contributed by atoms with Crippen LogP contribution in [-0.2, 0) is 4.79 Å². The smallest absolute Gasteiger partial charge is 0.305 e. The topological polar surface area (TPSA) is 114 Å². The largest absolute Gasteiger partial charge is 0.481 e. The average molecular weight is 488 g/mol. The second-order valence-corrected chi connectivity index (χ2v) is 8.71. The van der Waals surface area contributed by atoms with Crippen molar-refractivity contribution in [3.05, 3.63) is 77.5 Å². The van der Waals surface area contributed by atoms with E-state index in [-0.39, 0.29) is 35.3 Å². The van der Waals surface area contributed by atoms with Gasteiger partial charge in [-0.25, -0.2) is 8.78 Å². The molecule has 0 fully saturated rings. The SMILES string of the molecule is CC(C)[C@](C)(O)COc1cc(C(=O)N[C@@H](CC(=O)O)c2cccc(F)c2)nn1-c1ccccc1F. The predicted octanol–water partition coefficient (Wildman–Crippen LogP) is 3.88. The van der Waals surface area contributed by atoms with Gasteiger partial charge in [0.2, 0.25) is 5.88 Å². The lowest BCUT2D eigenvalue weighted by atomic mass is 9.94. The predicted molar refractivity (Wildman–Crippen MR) is 123 cm³/mol. The van der Waals surface area contributed by atoms with Crippen molar-refractivity contribution in [2.45, 2.75) is 38.8 Å². The zero-order valence-corrected chi connectivity index (χ0v) is 19.5. The highest BCUT2D eigenvalue weighted by molar-refractivity contribution is 5.93. The fourth-order valence-electron chi connectivity index (χ4n) is 3.14. The fourth-order valence-corrected chi connectivity index (χ4v) is 3.14. The Morgan fingerprint density at radius 1 is 1.14 bits per heavy atom. The van der Waals surface area contributed by atoms with Crippen LogP contribution in [0.3, 0.4) is 0 Å². The minimum atomic E-state index is -1.21. The lowest BCUT2D eigenvalue weighted by Crippen LogP contribution is -2.38. The number of nitrogens with one attached hydrogen (secondary N) is 1. The molecule has 35 heavy (non-hydrogen) atoms. The first-order valence-electron chi connectivity index (χ1n) is 11.0. The van der Waals surface area contributed by atoms with Gasteiger partial charge in [0, 0.05) is 6.07 Å². The molecule has 1 amide bonds. The Bertz CT molecular complexity index is 1210. The van der Waals surface area contributed by atoms with Gasteiger partial charge in [-0.2, -0.15) is 9.78 Å². The number of nitrogens with zero attached hydrogens (tertiary/aromatic N) is 2. The highest BCUT2D eigenvalue weighted by Gasteiger charge is 2.28. The van der Waals surface area contributed by atoms with E-state index in [4.69, 9.17) is 4.74 Å². The minimum Gasteiger partial charge on any atom is -0.481 e. The molecule has 0 bridgehead atoms. The van der Waals surface area contributed by atoms with Crippen molar-refractivity contribution >= 4 is 11.9 Å². The first kappa shape index (κ1) is 25.8. The summed E-state index contributed by atoms with van der Waals surface area (Å²) in [6.45, 7) is 5.05. The van der Waals surface area contributed by atoms with Crippen LogP contribution in [0, 0.1) is 17.6 Å². The number of amides is 1. The van der Waals surface area contributed by atoms with E-state index in [1.165, 1.54) is 42.5 Å². The van der Waals surface area contributed by atoms with Crippen molar-refractivity contribution in [1.82, 2.24) is 15.1 Å². The summed E-state index contributed by atoms with van der Waals surface area (Å²) >= 11 is 0. The monoisotopic (exact) mass is 487 g/mol. The van der Waals surface area contributed by atoms with Crippen LogP contribution >= 0.6 is 0 Å². The van der Waals surface area contributed by atoms with E-state index in [0.717, 1.165) is 10.7 Å².